The molecule has 1 heterocycles. The van der Waals surface area contributed by atoms with Crippen LogP contribution in [-0.4, -0.2) is 11.7 Å². The molecule has 15 heavy (non-hydrogen) atoms. The van der Waals surface area contributed by atoms with Gasteiger partial charge in [-0.2, -0.15) is 0 Å². The van der Waals surface area contributed by atoms with Crippen molar-refractivity contribution in [2.45, 2.75) is 44.6 Å². The molecule has 1 aromatic rings. The van der Waals surface area contributed by atoms with Gasteiger partial charge in [0.2, 0.25) is 0 Å². The average molecular weight is 225 g/mol. The number of aliphatic hydroxyl groups excluding tert-OH is 1. The topological polar surface area (TPSA) is 46.2 Å². The zero-order chi connectivity index (χ0) is 11.1. The zero-order valence-electron chi connectivity index (χ0n) is 9.42. The largest absolute Gasteiger partial charge is 0.394 e. The zero-order valence-corrected chi connectivity index (χ0v) is 10.2. The van der Waals surface area contributed by atoms with Crippen molar-refractivity contribution >= 4 is 11.3 Å². The summed E-state index contributed by atoms with van der Waals surface area (Å²) < 4.78 is 0. The highest BCUT2D eigenvalue weighted by molar-refractivity contribution is 7.12. The summed E-state index contributed by atoms with van der Waals surface area (Å²) in [5, 5.41) is 9.43. The molecule has 0 aliphatic heterocycles. The highest BCUT2D eigenvalue weighted by Crippen LogP contribution is 2.40. The molecule has 84 valence electrons. The third-order valence-corrected chi connectivity index (χ3v) is 4.90. The Morgan fingerprint density at radius 3 is 2.93 bits per heavy atom. The predicted octanol–water partition coefficient (Wildman–Crippen LogP) is 2.35. The molecule has 1 unspecified atom stereocenters. The number of hydrogen-bond acceptors (Lipinski definition) is 3. The van der Waals surface area contributed by atoms with Gasteiger partial charge in [0.05, 0.1) is 12.1 Å². The van der Waals surface area contributed by atoms with Crippen molar-refractivity contribution in [1.82, 2.24) is 0 Å². The number of rotatable bonds is 2. The molecule has 2 nitrogen and oxygen atoms in total. The van der Waals surface area contributed by atoms with Crippen molar-refractivity contribution < 1.29 is 5.11 Å². The Balaban J connectivity index is 2.43. The van der Waals surface area contributed by atoms with E-state index < -0.39 is 5.54 Å². The van der Waals surface area contributed by atoms with Gasteiger partial charge in [-0.1, -0.05) is 13.8 Å². The molecule has 3 heteroatoms. The summed E-state index contributed by atoms with van der Waals surface area (Å²) in [5.74, 6) is 0.559. The number of hydrogen-bond donors (Lipinski definition) is 2. The van der Waals surface area contributed by atoms with Gasteiger partial charge in [0, 0.05) is 9.75 Å². The Kier molecular flexibility index (Phi) is 2.88. The van der Waals surface area contributed by atoms with E-state index in [2.05, 4.69) is 19.9 Å². The first kappa shape index (κ1) is 11.1. The van der Waals surface area contributed by atoms with Crippen molar-refractivity contribution in [2.75, 3.05) is 6.61 Å². The van der Waals surface area contributed by atoms with Crippen molar-refractivity contribution in [1.29, 1.82) is 0 Å². The second-order valence-corrected chi connectivity index (χ2v) is 5.91. The number of fused-ring (bicyclic) bond motifs is 1. The molecule has 1 aliphatic carbocycles. The molecule has 1 aromatic heterocycles. The molecule has 3 N–H and O–H groups in total. The van der Waals surface area contributed by atoms with Gasteiger partial charge in [-0.3, -0.25) is 0 Å². The number of nitrogens with two attached hydrogens (primary N) is 1. The van der Waals surface area contributed by atoms with Crippen LogP contribution in [0.1, 0.15) is 47.9 Å². The van der Waals surface area contributed by atoms with Gasteiger partial charge in [0.15, 0.2) is 0 Å². The van der Waals surface area contributed by atoms with Gasteiger partial charge in [-0.25, -0.2) is 0 Å². The van der Waals surface area contributed by atoms with Gasteiger partial charge in [0.1, 0.15) is 0 Å². The molecular formula is C12H19NOS. The third kappa shape index (κ3) is 1.84. The lowest BCUT2D eigenvalue weighted by molar-refractivity contribution is 0.182. The molecular weight excluding hydrogens is 206 g/mol. The molecule has 1 aliphatic rings. The Hall–Kier alpha value is -0.380. The molecule has 0 spiro atoms. The average Bonchev–Trinajstić information content (AvgIpc) is 2.63. The molecule has 2 rings (SSSR count). The van der Waals surface area contributed by atoms with E-state index in [9.17, 15) is 5.11 Å². The van der Waals surface area contributed by atoms with Crippen LogP contribution >= 0.6 is 11.3 Å². The van der Waals surface area contributed by atoms with Gasteiger partial charge in [-0.15, -0.1) is 11.3 Å². The van der Waals surface area contributed by atoms with E-state index in [0.717, 1.165) is 19.3 Å². The highest BCUT2D eigenvalue weighted by atomic mass is 32.1. The van der Waals surface area contributed by atoms with Crippen molar-refractivity contribution in [3.05, 3.63) is 21.4 Å². The Bertz CT molecular complexity index is 359. The van der Waals surface area contributed by atoms with Gasteiger partial charge in [-0.05, 0) is 36.8 Å². The molecule has 0 amide bonds. The molecule has 1 atom stereocenters. The van der Waals surface area contributed by atoms with E-state index in [0.29, 0.717) is 5.92 Å². The summed E-state index contributed by atoms with van der Waals surface area (Å²) in [6.07, 6.45) is 3.13. The highest BCUT2D eigenvalue weighted by Gasteiger charge is 2.34. The van der Waals surface area contributed by atoms with E-state index in [-0.39, 0.29) is 6.61 Å². The standard InChI is InChI=1S/C12H19NOS/c1-8(2)10-6-9-4-3-5-12(13,7-14)11(9)15-10/h6,8,14H,3-5,7,13H2,1-2H3. The van der Waals surface area contributed by atoms with Crippen LogP contribution in [0.4, 0.5) is 0 Å². The molecule has 0 fully saturated rings. The minimum absolute atomic E-state index is 0.0675. The van der Waals surface area contributed by atoms with Gasteiger partial charge < -0.3 is 10.8 Å². The summed E-state index contributed by atoms with van der Waals surface area (Å²) >= 11 is 1.79. The molecule has 0 bridgehead atoms. The third-order valence-electron chi connectivity index (χ3n) is 3.20. The molecule has 0 saturated heterocycles. The quantitative estimate of drug-likeness (QED) is 0.811. The lowest BCUT2D eigenvalue weighted by Gasteiger charge is -2.31. The lowest BCUT2D eigenvalue weighted by atomic mass is 9.84. The van der Waals surface area contributed by atoms with E-state index in [4.69, 9.17) is 5.73 Å². The Morgan fingerprint density at radius 2 is 2.33 bits per heavy atom. The fraction of sp³-hybridized carbons (Fsp3) is 0.667. The number of aliphatic hydroxyl groups is 1. The van der Waals surface area contributed by atoms with Crippen molar-refractivity contribution in [3.63, 3.8) is 0 Å². The summed E-state index contributed by atoms with van der Waals surface area (Å²) in [5.41, 5.74) is 7.14. The number of aryl methyl sites for hydroxylation is 1. The van der Waals surface area contributed by atoms with Crippen LogP contribution < -0.4 is 5.73 Å². The van der Waals surface area contributed by atoms with Crippen LogP contribution in [0.15, 0.2) is 6.07 Å². The minimum atomic E-state index is -0.467. The van der Waals surface area contributed by atoms with Crippen LogP contribution in [0, 0.1) is 0 Å². The number of thiophene rings is 1. The van der Waals surface area contributed by atoms with Crippen LogP contribution in [0.5, 0.6) is 0 Å². The summed E-state index contributed by atoms with van der Waals surface area (Å²) in [6, 6.07) is 2.28. The van der Waals surface area contributed by atoms with Crippen molar-refractivity contribution in [2.24, 2.45) is 5.73 Å². The van der Waals surface area contributed by atoms with Crippen LogP contribution in [0.3, 0.4) is 0 Å². The van der Waals surface area contributed by atoms with Crippen LogP contribution in [0.2, 0.25) is 0 Å². The maximum Gasteiger partial charge on any atom is 0.0740 e. The first-order valence-corrected chi connectivity index (χ1v) is 6.41. The molecule has 0 aromatic carbocycles. The fourth-order valence-corrected chi connectivity index (χ4v) is 3.53. The first-order chi connectivity index (χ1) is 7.07. The lowest BCUT2D eigenvalue weighted by Crippen LogP contribution is -2.42. The van der Waals surface area contributed by atoms with Crippen LogP contribution in [0.25, 0.3) is 0 Å². The SMILES string of the molecule is CC(C)c1cc2c(s1)C(N)(CO)CCC2. The van der Waals surface area contributed by atoms with E-state index >= 15 is 0 Å². The smallest absolute Gasteiger partial charge is 0.0740 e. The molecule has 0 saturated carbocycles. The predicted molar refractivity (Wildman–Crippen MR) is 64.3 cm³/mol. The van der Waals surface area contributed by atoms with Crippen LogP contribution in [-0.2, 0) is 12.0 Å². The Labute approximate surface area is 95.1 Å². The van der Waals surface area contributed by atoms with E-state index in [1.54, 1.807) is 11.3 Å². The fourth-order valence-electron chi connectivity index (χ4n) is 2.20. The maximum absolute atomic E-state index is 9.43. The maximum atomic E-state index is 9.43. The van der Waals surface area contributed by atoms with Crippen molar-refractivity contribution in [3.8, 4) is 0 Å². The monoisotopic (exact) mass is 225 g/mol. The second kappa shape index (κ2) is 3.89. The van der Waals surface area contributed by atoms with E-state index in [1.807, 2.05) is 0 Å². The first-order valence-electron chi connectivity index (χ1n) is 5.59. The van der Waals surface area contributed by atoms with Gasteiger partial charge >= 0.3 is 0 Å². The normalized spacial score (nSPS) is 25.7. The minimum Gasteiger partial charge on any atom is -0.394 e. The van der Waals surface area contributed by atoms with E-state index in [1.165, 1.54) is 15.3 Å². The summed E-state index contributed by atoms with van der Waals surface area (Å²) in [4.78, 5) is 2.62. The van der Waals surface area contributed by atoms with Gasteiger partial charge in [0.25, 0.3) is 0 Å². The summed E-state index contributed by atoms with van der Waals surface area (Å²) in [7, 11) is 0. The Morgan fingerprint density at radius 1 is 1.60 bits per heavy atom. The summed E-state index contributed by atoms with van der Waals surface area (Å²) in [6.45, 7) is 4.47. The second-order valence-electron chi connectivity index (χ2n) is 4.83. The molecule has 0 radical (unpaired) electrons.